The second kappa shape index (κ2) is 10.6. The van der Waals surface area contributed by atoms with Crippen molar-refractivity contribution in [3.05, 3.63) is 28.5 Å². The molecule has 0 radical (unpaired) electrons. The van der Waals surface area contributed by atoms with Crippen LogP contribution in [0.25, 0.3) is 10.4 Å². The quantitative estimate of drug-likeness (QED) is 0.462. The van der Waals surface area contributed by atoms with Crippen LogP contribution in [0.3, 0.4) is 0 Å². The molecular formula is C25H28F5N5O3S. The fourth-order valence-electron chi connectivity index (χ4n) is 5.28. The number of thiazole rings is 1. The zero-order valence-electron chi connectivity index (χ0n) is 21.3. The third-order valence-electron chi connectivity index (χ3n) is 7.41. The van der Waals surface area contributed by atoms with Crippen LogP contribution in [-0.2, 0) is 4.74 Å². The van der Waals surface area contributed by atoms with Crippen molar-refractivity contribution in [2.75, 3.05) is 25.0 Å². The molecule has 2 aromatic heterocycles. The van der Waals surface area contributed by atoms with Crippen LogP contribution < -0.4 is 5.32 Å². The Morgan fingerprint density at radius 1 is 1.23 bits per heavy atom. The predicted octanol–water partition coefficient (Wildman–Crippen LogP) is 5.13. The molecule has 4 atom stereocenters. The summed E-state index contributed by atoms with van der Waals surface area (Å²) in [6, 6.07) is -1.20. The van der Waals surface area contributed by atoms with E-state index in [1.807, 2.05) is 6.92 Å². The van der Waals surface area contributed by atoms with Gasteiger partial charge in [0.1, 0.15) is 17.6 Å². The number of carbonyl (C=O) groups is 2. The van der Waals surface area contributed by atoms with E-state index < -0.39 is 36.0 Å². The number of nitrogens with zero attached hydrogens (tertiary/aromatic N) is 4. The molecule has 8 nitrogen and oxygen atoms in total. The van der Waals surface area contributed by atoms with E-state index >= 15 is 0 Å². The standard InChI is InChI=1S/C25H28F5N5O3S/c1-3-17(25(28,29)30)32-18-8-15(21(26)27)16(9-31-18)20-19(23(36)35-6-4-5-12(35)2)33-22(39-20)24(37)34-10-13-7-14(11-34)38-13/h8-9,12-14,17,21H,3-7,10-11H2,1-2H3,(H,31,32)/t12-,13?,14?,17?/m0/s1. The maximum absolute atomic E-state index is 14.3. The van der Waals surface area contributed by atoms with Gasteiger partial charge in [0.15, 0.2) is 5.01 Å². The van der Waals surface area contributed by atoms with E-state index in [1.54, 1.807) is 9.80 Å². The van der Waals surface area contributed by atoms with Gasteiger partial charge >= 0.3 is 6.18 Å². The Bertz CT molecular complexity index is 1240. The van der Waals surface area contributed by atoms with Gasteiger partial charge in [0.05, 0.1) is 17.1 Å². The second-order valence-corrected chi connectivity index (χ2v) is 11.1. The third-order valence-corrected chi connectivity index (χ3v) is 8.49. The van der Waals surface area contributed by atoms with E-state index in [-0.39, 0.29) is 51.6 Å². The van der Waals surface area contributed by atoms with Gasteiger partial charge < -0.3 is 19.9 Å². The zero-order valence-corrected chi connectivity index (χ0v) is 22.1. The summed E-state index contributed by atoms with van der Waals surface area (Å²) in [6.45, 7) is 4.40. The lowest BCUT2D eigenvalue weighted by molar-refractivity contribution is -0.171. The maximum Gasteiger partial charge on any atom is 0.408 e. The minimum atomic E-state index is -4.60. The SMILES string of the molecule is CCC(Nc1cc(C(F)F)c(-c2sc(C(=O)N3CC4CC(C3)O4)nc2C(=O)N2CCC[C@@H]2C)cn1)C(F)(F)F. The van der Waals surface area contributed by atoms with Crippen molar-refractivity contribution in [3.63, 3.8) is 0 Å². The molecule has 0 saturated carbocycles. The summed E-state index contributed by atoms with van der Waals surface area (Å²) in [5.41, 5.74) is -0.892. The minimum absolute atomic E-state index is 0.0213. The summed E-state index contributed by atoms with van der Waals surface area (Å²) in [6.07, 6.45) is -4.70. The topological polar surface area (TPSA) is 87.7 Å². The molecule has 14 heteroatoms. The molecule has 4 aliphatic rings. The van der Waals surface area contributed by atoms with Crippen LogP contribution in [0.2, 0.25) is 0 Å². The van der Waals surface area contributed by atoms with Crippen molar-refractivity contribution in [1.29, 1.82) is 0 Å². The highest BCUT2D eigenvalue weighted by Crippen LogP contribution is 2.40. The second-order valence-electron chi connectivity index (χ2n) is 10.1. The number of alkyl halides is 5. The summed E-state index contributed by atoms with van der Waals surface area (Å²) in [5.74, 6) is -1.28. The lowest BCUT2D eigenvalue weighted by Gasteiger charge is -2.46. The van der Waals surface area contributed by atoms with Crippen molar-refractivity contribution in [3.8, 4) is 10.4 Å². The van der Waals surface area contributed by atoms with Gasteiger partial charge in [-0.25, -0.2) is 18.7 Å². The van der Waals surface area contributed by atoms with E-state index in [2.05, 4.69) is 15.3 Å². The molecule has 6 heterocycles. The number of amides is 2. The van der Waals surface area contributed by atoms with Crippen LogP contribution in [0.15, 0.2) is 12.3 Å². The largest absolute Gasteiger partial charge is 0.408 e. The van der Waals surface area contributed by atoms with Gasteiger partial charge in [-0.05, 0) is 32.3 Å². The van der Waals surface area contributed by atoms with Crippen molar-refractivity contribution in [2.24, 2.45) is 0 Å². The van der Waals surface area contributed by atoms with E-state index in [4.69, 9.17) is 4.74 Å². The van der Waals surface area contributed by atoms with Gasteiger partial charge in [0.2, 0.25) is 0 Å². The monoisotopic (exact) mass is 573 g/mol. The molecule has 2 amide bonds. The summed E-state index contributed by atoms with van der Waals surface area (Å²) in [5, 5.41) is 2.15. The summed E-state index contributed by atoms with van der Waals surface area (Å²) >= 11 is 0.814. The molecule has 39 heavy (non-hydrogen) atoms. The molecule has 0 aliphatic carbocycles. The highest BCUT2D eigenvalue weighted by atomic mass is 32.1. The normalized spacial score (nSPS) is 23.6. The third kappa shape index (κ3) is 5.45. The number of ether oxygens (including phenoxy) is 1. The van der Waals surface area contributed by atoms with E-state index in [1.165, 1.54) is 6.92 Å². The van der Waals surface area contributed by atoms with E-state index in [0.29, 0.717) is 19.6 Å². The summed E-state index contributed by atoms with van der Waals surface area (Å²) in [4.78, 5) is 38.4. The van der Waals surface area contributed by atoms with Crippen LogP contribution in [0.1, 0.15) is 71.8 Å². The molecule has 4 saturated heterocycles. The van der Waals surface area contributed by atoms with Gasteiger partial charge in [0.25, 0.3) is 18.2 Å². The van der Waals surface area contributed by atoms with Crippen LogP contribution in [-0.4, -0.2) is 81.7 Å². The average Bonchev–Trinajstić information content (AvgIpc) is 3.52. The predicted molar refractivity (Wildman–Crippen MR) is 133 cm³/mol. The molecule has 2 bridgehead atoms. The Hall–Kier alpha value is -2.87. The molecular weight excluding hydrogens is 545 g/mol. The van der Waals surface area contributed by atoms with Crippen molar-refractivity contribution in [2.45, 2.75) is 76.4 Å². The number of fused-ring (bicyclic) bond motifs is 2. The number of carbonyl (C=O) groups excluding carboxylic acids is 2. The number of rotatable bonds is 7. The fraction of sp³-hybridized carbons (Fsp3) is 0.600. The number of nitrogens with one attached hydrogen (secondary N) is 1. The Morgan fingerprint density at radius 2 is 1.92 bits per heavy atom. The van der Waals surface area contributed by atoms with Crippen molar-refractivity contribution < 1.29 is 36.3 Å². The van der Waals surface area contributed by atoms with Gasteiger partial charge in [-0.1, -0.05) is 6.92 Å². The first kappa shape index (κ1) is 27.7. The van der Waals surface area contributed by atoms with Crippen LogP contribution in [0.4, 0.5) is 27.8 Å². The Labute approximate surface area is 225 Å². The number of aromatic nitrogens is 2. The molecule has 2 aromatic rings. The summed E-state index contributed by atoms with van der Waals surface area (Å²) < 4.78 is 73.9. The van der Waals surface area contributed by atoms with Crippen molar-refractivity contribution >= 4 is 29.0 Å². The number of hydrogen-bond donors (Lipinski definition) is 1. The molecule has 212 valence electrons. The smallest absolute Gasteiger partial charge is 0.371 e. The van der Waals surface area contributed by atoms with Gasteiger partial charge in [-0.3, -0.25) is 9.59 Å². The first-order valence-corrected chi connectivity index (χ1v) is 13.7. The molecule has 4 fully saturated rings. The first-order chi connectivity index (χ1) is 18.5. The van der Waals surface area contributed by atoms with Gasteiger partial charge in [0, 0.05) is 49.4 Å². The number of likely N-dealkylation sites (tertiary alicyclic amines) is 1. The number of morpholine rings is 1. The number of anilines is 1. The molecule has 0 spiro atoms. The van der Waals surface area contributed by atoms with Gasteiger partial charge in [-0.2, -0.15) is 13.2 Å². The van der Waals surface area contributed by atoms with Gasteiger partial charge in [-0.15, -0.1) is 11.3 Å². The number of pyridine rings is 1. The highest BCUT2D eigenvalue weighted by molar-refractivity contribution is 7.17. The number of halogens is 5. The van der Waals surface area contributed by atoms with Crippen molar-refractivity contribution in [1.82, 2.24) is 19.8 Å². The van der Waals surface area contributed by atoms with E-state index in [0.717, 1.165) is 42.9 Å². The lowest BCUT2D eigenvalue weighted by atomic mass is 9.99. The van der Waals surface area contributed by atoms with E-state index in [9.17, 15) is 31.5 Å². The molecule has 6 rings (SSSR count). The summed E-state index contributed by atoms with van der Waals surface area (Å²) in [7, 11) is 0. The highest BCUT2D eigenvalue weighted by Gasteiger charge is 2.42. The molecule has 3 unspecified atom stereocenters. The number of hydrogen-bond acceptors (Lipinski definition) is 7. The number of piperidine rings is 1. The molecule has 1 N–H and O–H groups in total. The fourth-order valence-corrected chi connectivity index (χ4v) is 6.34. The lowest BCUT2D eigenvalue weighted by Crippen LogP contribution is -2.58. The van der Waals surface area contributed by atoms with Crippen LogP contribution in [0.5, 0.6) is 0 Å². The van der Waals surface area contributed by atoms with Crippen LogP contribution >= 0.6 is 11.3 Å². The Kier molecular flexibility index (Phi) is 7.53. The maximum atomic E-state index is 14.3. The average molecular weight is 574 g/mol. The molecule has 4 aliphatic heterocycles. The first-order valence-electron chi connectivity index (χ1n) is 12.8. The Morgan fingerprint density at radius 3 is 2.49 bits per heavy atom. The van der Waals surface area contributed by atoms with Crippen LogP contribution in [0, 0.1) is 0 Å². The Balaban J connectivity index is 1.54. The zero-order chi connectivity index (χ0) is 28.1. The minimum Gasteiger partial charge on any atom is -0.371 e. The molecule has 0 aromatic carbocycles.